The number of likely N-dealkylation sites (N-methyl/N-ethyl adjacent to an activating group) is 1. The van der Waals surface area contributed by atoms with E-state index in [1.807, 2.05) is 6.92 Å². The Balaban J connectivity index is 1.71. The number of nitrogens with zero attached hydrogens (tertiary/aromatic N) is 2. The van der Waals surface area contributed by atoms with Crippen LogP contribution in [0.1, 0.15) is 52.0 Å². The van der Waals surface area contributed by atoms with E-state index in [9.17, 15) is 18.0 Å². The van der Waals surface area contributed by atoms with Gasteiger partial charge in [-0.2, -0.15) is 4.31 Å². The Labute approximate surface area is 173 Å². The number of fused-ring (bicyclic) bond motifs is 1. The van der Waals surface area contributed by atoms with Gasteiger partial charge in [0.05, 0.1) is 11.4 Å². The molecule has 0 radical (unpaired) electrons. The molecule has 2 amide bonds. The van der Waals surface area contributed by atoms with E-state index in [1.54, 1.807) is 17.0 Å². The van der Waals surface area contributed by atoms with Crippen LogP contribution in [0.4, 0.5) is 5.69 Å². The predicted octanol–water partition coefficient (Wildman–Crippen LogP) is 2.30. The smallest absolute Gasteiger partial charge is 0.243 e. The molecule has 1 fully saturated rings. The maximum Gasteiger partial charge on any atom is 0.243 e. The van der Waals surface area contributed by atoms with E-state index >= 15 is 0 Å². The van der Waals surface area contributed by atoms with Crippen LogP contribution in [-0.2, 0) is 26.0 Å². The zero-order chi connectivity index (χ0) is 21.3. The molecule has 1 saturated carbocycles. The molecule has 3 atom stereocenters. The van der Waals surface area contributed by atoms with Crippen LogP contribution in [0.2, 0.25) is 0 Å². The van der Waals surface area contributed by atoms with Crippen LogP contribution >= 0.6 is 0 Å². The molecule has 0 saturated heterocycles. The molecule has 160 valence electrons. The summed E-state index contributed by atoms with van der Waals surface area (Å²) in [6, 6.07) is 4.94. The molecule has 3 rings (SSSR count). The topological polar surface area (TPSA) is 86.8 Å². The van der Waals surface area contributed by atoms with Gasteiger partial charge in [-0.15, -0.1) is 0 Å². The predicted molar refractivity (Wildman–Crippen MR) is 112 cm³/mol. The average Bonchev–Trinajstić information content (AvgIpc) is 2.98. The Morgan fingerprint density at radius 3 is 2.55 bits per heavy atom. The van der Waals surface area contributed by atoms with Crippen molar-refractivity contribution in [2.45, 2.75) is 69.9 Å². The van der Waals surface area contributed by atoms with E-state index in [2.05, 4.69) is 12.2 Å². The molecule has 8 heteroatoms. The molecule has 0 unspecified atom stereocenters. The number of nitrogens with one attached hydrogen (secondary N) is 1. The molecule has 29 heavy (non-hydrogen) atoms. The van der Waals surface area contributed by atoms with Crippen LogP contribution in [0.3, 0.4) is 0 Å². The number of amides is 2. The van der Waals surface area contributed by atoms with Gasteiger partial charge in [0.2, 0.25) is 21.8 Å². The van der Waals surface area contributed by atoms with E-state index in [-0.39, 0.29) is 35.3 Å². The van der Waals surface area contributed by atoms with Crippen LogP contribution in [0.25, 0.3) is 0 Å². The van der Waals surface area contributed by atoms with Gasteiger partial charge >= 0.3 is 0 Å². The standard InChI is InChI=1S/C21H31N3O4S/c1-14-7-5-6-8-19(14)22-21(26)13-23(4)29(27,28)18-9-10-20-17(12-18)11-15(2)24(20)16(3)25/h9-10,12,14-15,19H,5-8,11,13H2,1-4H3,(H,22,26)/t14-,15+,19+/m0/s1. The summed E-state index contributed by atoms with van der Waals surface area (Å²) in [5.41, 5.74) is 1.60. The van der Waals surface area contributed by atoms with Gasteiger partial charge in [0, 0.05) is 31.7 Å². The fraction of sp³-hybridized carbons (Fsp3) is 0.619. The summed E-state index contributed by atoms with van der Waals surface area (Å²) in [7, 11) is -2.37. The van der Waals surface area contributed by atoms with Crippen molar-refractivity contribution in [3.63, 3.8) is 0 Å². The van der Waals surface area contributed by atoms with Gasteiger partial charge in [0.15, 0.2) is 0 Å². The second kappa shape index (κ2) is 8.44. The normalized spacial score (nSPS) is 24.4. The maximum absolute atomic E-state index is 13.0. The Morgan fingerprint density at radius 2 is 1.90 bits per heavy atom. The maximum atomic E-state index is 13.0. The van der Waals surface area contributed by atoms with E-state index < -0.39 is 10.0 Å². The molecular weight excluding hydrogens is 390 g/mol. The van der Waals surface area contributed by atoms with Gasteiger partial charge in [-0.3, -0.25) is 9.59 Å². The van der Waals surface area contributed by atoms with Gasteiger partial charge in [0.25, 0.3) is 0 Å². The monoisotopic (exact) mass is 421 g/mol. The van der Waals surface area contributed by atoms with Crippen molar-refractivity contribution in [3.8, 4) is 0 Å². The van der Waals surface area contributed by atoms with Crippen LogP contribution < -0.4 is 10.2 Å². The highest BCUT2D eigenvalue weighted by Gasteiger charge is 2.32. The number of hydrogen-bond acceptors (Lipinski definition) is 4. The summed E-state index contributed by atoms with van der Waals surface area (Å²) >= 11 is 0. The van der Waals surface area contributed by atoms with Crippen LogP contribution in [-0.4, -0.2) is 50.2 Å². The quantitative estimate of drug-likeness (QED) is 0.790. The van der Waals surface area contributed by atoms with Gasteiger partial charge in [0.1, 0.15) is 0 Å². The molecule has 1 aromatic rings. The lowest BCUT2D eigenvalue weighted by Gasteiger charge is -2.30. The highest BCUT2D eigenvalue weighted by molar-refractivity contribution is 7.89. The van der Waals surface area contributed by atoms with E-state index in [1.165, 1.54) is 26.5 Å². The molecular formula is C21H31N3O4S. The molecule has 0 bridgehead atoms. The number of sulfonamides is 1. The van der Waals surface area contributed by atoms with Crippen molar-refractivity contribution in [2.75, 3.05) is 18.5 Å². The molecule has 7 nitrogen and oxygen atoms in total. The Morgan fingerprint density at radius 1 is 1.21 bits per heavy atom. The lowest BCUT2D eigenvalue weighted by atomic mass is 9.86. The van der Waals surface area contributed by atoms with Gasteiger partial charge in [-0.05, 0) is 55.9 Å². The van der Waals surface area contributed by atoms with Gasteiger partial charge < -0.3 is 10.2 Å². The highest BCUT2D eigenvalue weighted by atomic mass is 32.2. The summed E-state index contributed by atoms with van der Waals surface area (Å²) in [4.78, 5) is 26.1. The summed E-state index contributed by atoms with van der Waals surface area (Å²) in [6.07, 6.45) is 4.92. The first kappa shape index (κ1) is 21.8. The van der Waals surface area contributed by atoms with Crippen molar-refractivity contribution < 1.29 is 18.0 Å². The number of rotatable bonds is 5. The third kappa shape index (κ3) is 4.48. The summed E-state index contributed by atoms with van der Waals surface area (Å²) in [5.74, 6) is 0.0856. The molecule has 2 aliphatic rings. The van der Waals surface area contributed by atoms with Crippen LogP contribution in [0.5, 0.6) is 0 Å². The Hall–Kier alpha value is -1.93. The lowest BCUT2D eigenvalue weighted by molar-refractivity contribution is -0.122. The van der Waals surface area contributed by atoms with E-state index in [0.29, 0.717) is 12.3 Å². The van der Waals surface area contributed by atoms with Crippen molar-refractivity contribution in [3.05, 3.63) is 23.8 Å². The Bertz CT molecular complexity index is 899. The first-order valence-electron chi connectivity index (χ1n) is 10.3. The summed E-state index contributed by atoms with van der Waals surface area (Å²) < 4.78 is 27.1. The third-order valence-electron chi connectivity index (χ3n) is 6.14. The lowest BCUT2D eigenvalue weighted by Crippen LogP contribution is -2.46. The van der Waals surface area contributed by atoms with E-state index in [0.717, 1.165) is 34.8 Å². The van der Waals surface area contributed by atoms with Gasteiger partial charge in [-0.25, -0.2) is 8.42 Å². The van der Waals surface area contributed by atoms with Crippen molar-refractivity contribution in [1.82, 2.24) is 9.62 Å². The van der Waals surface area contributed by atoms with Crippen molar-refractivity contribution in [2.24, 2.45) is 5.92 Å². The largest absolute Gasteiger partial charge is 0.352 e. The number of carbonyl (C=O) groups excluding carboxylic acids is 2. The molecule has 1 aliphatic carbocycles. The molecule has 0 spiro atoms. The zero-order valence-electron chi connectivity index (χ0n) is 17.6. The molecule has 1 heterocycles. The SMILES string of the molecule is CC(=O)N1c2ccc(S(=O)(=O)N(C)CC(=O)N[C@@H]3CCCC[C@@H]3C)cc2C[C@H]1C. The zero-order valence-corrected chi connectivity index (χ0v) is 18.5. The minimum atomic E-state index is -3.80. The first-order valence-corrected chi connectivity index (χ1v) is 11.7. The number of benzene rings is 1. The number of carbonyl (C=O) groups is 2. The van der Waals surface area contributed by atoms with Crippen LogP contribution in [0, 0.1) is 5.92 Å². The second-order valence-electron chi connectivity index (χ2n) is 8.43. The van der Waals surface area contributed by atoms with Crippen LogP contribution in [0.15, 0.2) is 23.1 Å². The molecule has 0 aromatic heterocycles. The van der Waals surface area contributed by atoms with E-state index in [4.69, 9.17) is 0 Å². The Kier molecular flexibility index (Phi) is 6.33. The number of anilines is 1. The average molecular weight is 422 g/mol. The molecule has 1 N–H and O–H groups in total. The minimum absolute atomic E-state index is 0.00134. The third-order valence-corrected chi connectivity index (χ3v) is 7.94. The first-order chi connectivity index (χ1) is 13.6. The molecule has 1 aliphatic heterocycles. The minimum Gasteiger partial charge on any atom is -0.352 e. The van der Waals surface area contributed by atoms with Crippen molar-refractivity contribution >= 4 is 27.5 Å². The summed E-state index contributed by atoms with van der Waals surface area (Å²) in [5, 5.41) is 3.00. The fourth-order valence-electron chi connectivity index (χ4n) is 4.50. The molecule has 1 aromatic carbocycles. The van der Waals surface area contributed by atoms with Crippen molar-refractivity contribution in [1.29, 1.82) is 0 Å². The summed E-state index contributed by atoms with van der Waals surface area (Å²) in [6.45, 7) is 5.37. The fourth-order valence-corrected chi connectivity index (χ4v) is 5.68. The highest BCUT2D eigenvalue weighted by Crippen LogP contribution is 2.34. The second-order valence-corrected chi connectivity index (χ2v) is 10.5. The number of hydrogen-bond donors (Lipinski definition) is 1. The van der Waals surface area contributed by atoms with Gasteiger partial charge in [-0.1, -0.05) is 19.8 Å².